The second kappa shape index (κ2) is 7.39. The summed E-state index contributed by atoms with van der Waals surface area (Å²) >= 11 is 0. The average Bonchev–Trinajstić information content (AvgIpc) is 2.64. The van der Waals surface area contributed by atoms with E-state index >= 15 is 0 Å². The highest BCUT2D eigenvalue weighted by atomic mass is 16.5. The number of ether oxygens (including phenoxy) is 1. The topological polar surface area (TPSA) is 72.7 Å². The van der Waals surface area contributed by atoms with Crippen LogP contribution in [-0.4, -0.2) is 22.4 Å². The number of nitrogens with zero attached hydrogens (tertiary/aromatic N) is 2. The first kappa shape index (κ1) is 17.7. The summed E-state index contributed by atoms with van der Waals surface area (Å²) in [6.07, 6.45) is 2.58. The van der Waals surface area contributed by atoms with Gasteiger partial charge in [0.05, 0.1) is 12.8 Å². The Labute approximate surface area is 151 Å². The molecule has 0 aliphatic carbocycles. The Hall–Kier alpha value is -3.15. The lowest BCUT2D eigenvalue weighted by atomic mass is 10.1. The van der Waals surface area contributed by atoms with Crippen molar-refractivity contribution in [3.63, 3.8) is 0 Å². The van der Waals surface area contributed by atoms with E-state index in [0.717, 1.165) is 16.9 Å². The number of rotatable bonds is 5. The number of anilines is 1. The van der Waals surface area contributed by atoms with Gasteiger partial charge in [-0.1, -0.05) is 18.2 Å². The van der Waals surface area contributed by atoms with Gasteiger partial charge in [0, 0.05) is 12.6 Å². The van der Waals surface area contributed by atoms with E-state index in [-0.39, 0.29) is 23.6 Å². The Morgan fingerprint density at radius 3 is 2.58 bits per heavy atom. The SMILES string of the molecule is COc1ccc(CCC(=O)Nc2c(C)nc3ccc(C)cn3c2=O)cc1. The van der Waals surface area contributed by atoms with Gasteiger partial charge in [0.2, 0.25) is 5.91 Å². The van der Waals surface area contributed by atoms with Crippen molar-refractivity contribution in [3.05, 3.63) is 69.8 Å². The number of pyridine rings is 1. The largest absolute Gasteiger partial charge is 0.497 e. The Morgan fingerprint density at radius 1 is 1.15 bits per heavy atom. The molecule has 2 heterocycles. The van der Waals surface area contributed by atoms with Crippen molar-refractivity contribution in [2.24, 2.45) is 0 Å². The van der Waals surface area contributed by atoms with Crippen LogP contribution in [0.5, 0.6) is 5.75 Å². The maximum absolute atomic E-state index is 12.7. The predicted octanol–water partition coefficient (Wildman–Crippen LogP) is 2.89. The molecular weight excluding hydrogens is 330 g/mol. The van der Waals surface area contributed by atoms with E-state index in [0.29, 0.717) is 17.8 Å². The zero-order chi connectivity index (χ0) is 18.7. The Kier molecular flexibility index (Phi) is 5.02. The highest BCUT2D eigenvalue weighted by Crippen LogP contribution is 2.14. The molecule has 1 amide bonds. The first-order valence-electron chi connectivity index (χ1n) is 8.40. The second-order valence-corrected chi connectivity index (χ2v) is 6.21. The number of methoxy groups -OCH3 is 1. The van der Waals surface area contributed by atoms with Crippen molar-refractivity contribution < 1.29 is 9.53 Å². The number of amides is 1. The van der Waals surface area contributed by atoms with Crippen molar-refractivity contribution in [2.75, 3.05) is 12.4 Å². The van der Waals surface area contributed by atoms with Crippen molar-refractivity contribution in [1.82, 2.24) is 9.38 Å². The van der Waals surface area contributed by atoms with Crippen molar-refractivity contribution in [3.8, 4) is 5.75 Å². The standard InChI is InChI=1S/C20H21N3O3/c1-13-4-10-17-21-14(2)19(20(25)23(17)12-13)22-18(24)11-7-15-5-8-16(26-3)9-6-15/h4-6,8-10,12H,7,11H2,1-3H3,(H,22,24). The van der Waals surface area contributed by atoms with Crippen LogP contribution in [0.1, 0.15) is 23.2 Å². The summed E-state index contributed by atoms with van der Waals surface area (Å²) in [6.45, 7) is 3.62. The first-order valence-corrected chi connectivity index (χ1v) is 8.40. The molecule has 0 aliphatic heterocycles. The fourth-order valence-electron chi connectivity index (χ4n) is 2.75. The number of carbonyl (C=O) groups excluding carboxylic acids is 1. The third-order valence-electron chi connectivity index (χ3n) is 4.22. The highest BCUT2D eigenvalue weighted by molar-refractivity contribution is 5.91. The van der Waals surface area contributed by atoms with Crippen LogP contribution in [0.4, 0.5) is 5.69 Å². The number of fused-ring (bicyclic) bond motifs is 1. The number of hydrogen-bond acceptors (Lipinski definition) is 4. The van der Waals surface area contributed by atoms with Crippen LogP contribution in [0.15, 0.2) is 47.4 Å². The summed E-state index contributed by atoms with van der Waals surface area (Å²) in [6, 6.07) is 11.3. The lowest BCUT2D eigenvalue weighted by molar-refractivity contribution is -0.116. The number of hydrogen-bond donors (Lipinski definition) is 1. The van der Waals surface area contributed by atoms with Crippen LogP contribution < -0.4 is 15.6 Å². The van der Waals surface area contributed by atoms with Crippen molar-refractivity contribution >= 4 is 17.2 Å². The minimum absolute atomic E-state index is 0.213. The van der Waals surface area contributed by atoms with Gasteiger partial charge in [-0.25, -0.2) is 4.98 Å². The molecule has 2 aromatic heterocycles. The molecule has 0 fully saturated rings. The Morgan fingerprint density at radius 2 is 1.88 bits per heavy atom. The molecule has 6 heteroatoms. The summed E-state index contributed by atoms with van der Waals surface area (Å²) in [5.41, 5.74) is 3.01. The van der Waals surface area contributed by atoms with Gasteiger partial charge < -0.3 is 10.1 Å². The van der Waals surface area contributed by atoms with Crippen molar-refractivity contribution in [2.45, 2.75) is 26.7 Å². The van der Waals surface area contributed by atoms with Crippen LogP contribution in [-0.2, 0) is 11.2 Å². The second-order valence-electron chi connectivity index (χ2n) is 6.21. The third kappa shape index (κ3) is 3.74. The number of aromatic nitrogens is 2. The molecule has 3 aromatic rings. The van der Waals surface area contributed by atoms with Gasteiger partial charge in [0.1, 0.15) is 17.1 Å². The molecule has 26 heavy (non-hydrogen) atoms. The molecule has 134 valence electrons. The fraction of sp³-hybridized carbons (Fsp3) is 0.250. The molecule has 0 saturated carbocycles. The summed E-state index contributed by atoms with van der Waals surface area (Å²) in [7, 11) is 1.61. The van der Waals surface area contributed by atoms with Gasteiger partial charge in [0.25, 0.3) is 5.56 Å². The molecule has 1 N–H and O–H groups in total. The van der Waals surface area contributed by atoms with Crippen LogP contribution in [0.25, 0.3) is 5.65 Å². The van der Waals surface area contributed by atoms with Crippen LogP contribution in [0.3, 0.4) is 0 Å². The van der Waals surface area contributed by atoms with Gasteiger partial charge >= 0.3 is 0 Å². The van der Waals surface area contributed by atoms with E-state index in [1.54, 1.807) is 26.3 Å². The lowest BCUT2D eigenvalue weighted by Gasteiger charge is -2.10. The maximum Gasteiger partial charge on any atom is 0.281 e. The molecule has 1 aromatic carbocycles. The molecule has 0 spiro atoms. The molecule has 0 bridgehead atoms. The zero-order valence-electron chi connectivity index (χ0n) is 15.1. The zero-order valence-corrected chi connectivity index (χ0v) is 15.1. The summed E-state index contributed by atoms with van der Waals surface area (Å²) < 4.78 is 6.58. The molecule has 0 atom stereocenters. The minimum Gasteiger partial charge on any atom is -0.497 e. The van der Waals surface area contributed by atoms with Crippen molar-refractivity contribution in [1.29, 1.82) is 0 Å². The average molecular weight is 351 g/mol. The number of aryl methyl sites for hydroxylation is 3. The molecular formula is C20H21N3O3. The Bertz CT molecular complexity index is 1010. The minimum atomic E-state index is -0.269. The van der Waals surface area contributed by atoms with E-state index in [1.165, 1.54) is 4.40 Å². The van der Waals surface area contributed by atoms with E-state index in [9.17, 15) is 9.59 Å². The molecule has 3 rings (SSSR count). The summed E-state index contributed by atoms with van der Waals surface area (Å²) in [5, 5.41) is 2.72. The number of benzene rings is 1. The van der Waals surface area contributed by atoms with E-state index in [2.05, 4.69) is 10.3 Å². The van der Waals surface area contributed by atoms with Gasteiger partial charge in [-0.2, -0.15) is 0 Å². The fourth-order valence-corrected chi connectivity index (χ4v) is 2.75. The van der Waals surface area contributed by atoms with E-state index in [1.807, 2.05) is 37.3 Å². The summed E-state index contributed by atoms with van der Waals surface area (Å²) in [4.78, 5) is 29.4. The predicted molar refractivity (Wildman–Crippen MR) is 101 cm³/mol. The number of nitrogens with one attached hydrogen (secondary N) is 1. The van der Waals surface area contributed by atoms with Crippen LogP contribution in [0, 0.1) is 13.8 Å². The van der Waals surface area contributed by atoms with Crippen LogP contribution in [0.2, 0.25) is 0 Å². The van der Waals surface area contributed by atoms with Gasteiger partial charge in [-0.05, 0) is 49.6 Å². The third-order valence-corrected chi connectivity index (χ3v) is 4.22. The van der Waals surface area contributed by atoms with Gasteiger partial charge in [-0.15, -0.1) is 0 Å². The van der Waals surface area contributed by atoms with Gasteiger partial charge in [0.15, 0.2) is 0 Å². The number of carbonyl (C=O) groups is 1. The van der Waals surface area contributed by atoms with E-state index in [4.69, 9.17) is 4.74 Å². The highest BCUT2D eigenvalue weighted by Gasteiger charge is 2.13. The molecule has 6 nitrogen and oxygen atoms in total. The Balaban J connectivity index is 1.75. The molecule has 0 aliphatic rings. The maximum atomic E-state index is 12.7. The summed E-state index contributed by atoms with van der Waals surface area (Å²) in [5.74, 6) is 0.565. The molecule has 0 unspecified atom stereocenters. The smallest absolute Gasteiger partial charge is 0.281 e. The molecule has 0 saturated heterocycles. The molecule has 0 radical (unpaired) electrons. The van der Waals surface area contributed by atoms with Crippen LogP contribution >= 0.6 is 0 Å². The quantitative estimate of drug-likeness (QED) is 0.767. The monoisotopic (exact) mass is 351 g/mol. The van der Waals surface area contributed by atoms with E-state index < -0.39 is 0 Å². The normalized spacial score (nSPS) is 10.7. The van der Waals surface area contributed by atoms with Gasteiger partial charge in [-0.3, -0.25) is 14.0 Å². The lowest BCUT2D eigenvalue weighted by Crippen LogP contribution is -2.25. The first-order chi connectivity index (χ1) is 12.5.